The summed E-state index contributed by atoms with van der Waals surface area (Å²) >= 11 is 11.8. The van der Waals surface area contributed by atoms with Gasteiger partial charge in [0.05, 0.1) is 17.2 Å². The molecule has 0 aromatic heterocycles. The number of nitrogens with one attached hydrogen (secondary N) is 1. The number of hydroxylamine groups is 1. The van der Waals surface area contributed by atoms with Crippen LogP contribution < -0.4 is 11.2 Å². The molecule has 0 spiro atoms. The van der Waals surface area contributed by atoms with Gasteiger partial charge in [0.25, 0.3) is 0 Å². The van der Waals surface area contributed by atoms with Crippen LogP contribution in [0.15, 0.2) is 30.0 Å². The van der Waals surface area contributed by atoms with Crippen molar-refractivity contribution in [3.05, 3.63) is 45.6 Å². The van der Waals surface area contributed by atoms with Gasteiger partial charge in [-0.15, -0.1) is 0 Å². The molecule has 0 aliphatic rings. The fourth-order valence-electron chi connectivity index (χ4n) is 1.49. The summed E-state index contributed by atoms with van der Waals surface area (Å²) in [6, 6.07) is 5.45. The first-order valence-electron chi connectivity index (χ1n) is 5.73. The Morgan fingerprint density at radius 1 is 1.37 bits per heavy atom. The van der Waals surface area contributed by atoms with Gasteiger partial charge in [0.2, 0.25) is 5.91 Å². The van der Waals surface area contributed by atoms with E-state index in [0.717, 1.165) is 11.3 Å². The molecule has 1 aromatic carbocycles. The molecule has 6 heteroatoms. The quantitative estimate of drug-likeness (QED) is 0.761. The van der Waals surface area contributed by atoms with E-state index in [1.54, 1.807) is 12.1 Å². The van der Waals surface area contributed by atoms with Gasteiger partial charge < -0.3 is 5.73 Å². The lowest BCUT2D eigenvalue weighted by molar-refractivity contribution is -0.118. The Balaban J connectivity index is 2.67. The van der Waals surface area contributed by atoms with Crippen molar-refractivity contribution in [1.29, 1.82) is 0 Å². The van der Waals surface area contributed by atoms with Crippen molar-refractivity contribution >= 4 is 29.1 Å². The molecule has 0 fully saturated rings. The van der Waals surface area contributed by atoms with Gasteiger partial charge in [-0.05, 0) is 30.5 Å². The van der Waals surface area contributed by atoms with Crippen molar-refractivity contribution in [1.82, 2.24) is 5.48 Å². The third-order valence-corrected chi connectivity index (χ3v) is 3.18. The number of hydrogen-bond acceptors (Lipinski definition) is 3. The number of primary amides is 1. The number of rotatable bonds is 7. The zero-order chi connectivity index (χ0) is 14.3. The van der Waals surface area contributed by atoms with E-state index in [1.807, 2.05) is 12.1 Å². The standard InChI is InChI=1S/C13H16Cl2N2O2/c1-19-17-10(5-7-13(16)18)4-2-9-3-6-11(14)12(15)8-9/h3-4,6,8,17H,2,5,7H2,1H3,(H2,16,18). The van der Waals surface area contributed by atoms with E-state index in [4.69, 9.17) is 33.8 Å². The molecule has 0 bridgehead atoms. The maximum atomic E-state index is 10.8. The number of amides is 1. The second-order valence-corrected chi connectivity index (χ2v) is 4.77. The zero-order valence-corrected chi connectivity index (χ0v) is 12.1. The van der Waals surface area contributed by atoms with E-state index in [9.17, 15) is 4.79 Å². The first-order chi connectivity index (χ1) is 9.02. The van der Waals surface area contributed by atoms with Crippen LogP contribution in [-0.2, 0) is 16.1 Å². The first kappa shape index (κ1) is 15.8. The fraction of sp³-hybridized carbons (Fsp3) is 0.308. The number of allylic oxidation sites excluding steroid dienone is 2. The lowest BCUT2D eigenvalue weighted by atomic mass is 10.1. The van der Waals surface area contributed by atoms with Crippen molar-refractivity contribution in [3.8, 4) is 0 Å². The highest BCUT2D eigenvalue weighted by Gasteiger charge is 2.02. The van der Waals surface area contributed by atoms with E-state index >= 15 is 0 Å². The SMILES string of the molecule is CONC(=CCc1ccc(Cl)c(Cl)c1)CCC(N)=O. The Morgan fingerprint density at radius 3 is 2.68 bits per heavy atom. The van der Waals surface area contributed by atoms with Crippen LogP contribution in [0.4, 0.5) is 0 Å². The summed E-state index contributed by atoms with van der Waals surface area (Å²) in [6.45, 7) is 0. The minimum absolute atomic E-state index is 0.267. The molecule has 104 valence electrons. The van der Waals surface area contributed by atoms with Crippen molar-refractivity contribution < 1.29 is 9.63 Å². The molecule has 3 N–H and O–H groups in total. The average molecular weight is 303 g/mol. The Morgan fingerprint density at radius 2 is 2.11 bits per heavy atom. The molecule has 1 rings (SSSR count). The largest absolute Gasteiger partial charge is 0.370 e. The van der Waals surface area contributed by atoms with Crippen LogP contribution in [0.3, 0.4) is 0 Å². The van der Waals surface area contributed by atoms with E-state index in [1.165, 1.54) is 7.11 Å². The Hall–Kier alpha value is -1.23. The number of benzene rings is 1. The van der Waals surface area contributed by atoms with Crippen LogP contribution in [0, 0.1) is 0 Å². The van der Waals surface area contributed by atoms with Crippen LogP contribution >= 0.6 is 23.2 Å². The number of hydrogen-bond donors (Lipinski definition) is 2. The normalized spacial score (nSPS) is 11.4. The van der Waals surface area contributed by atoms with Crippen LogP contribution in [-0.4, -0.2) is 13.0 Å². The molecule has 1 amide bonds. The van der Waals surface area contributed by atoms with Crippen LogP contribution in [0.5, 0.6) is 0 Å². The Kier molecular flexibility index (Phi) is 6.70. The van der Waals surface area contributed by atoms with E-state index in [2.05, 4.69) is 5.48 Å². The average Bonchev–Trinajstić information content (AvgIpc) is 2.36. The molecule has 19 heavy (non-hydrogen) atoms. The number of carbonyl (C=O) groups excluding carboxylic acids is 1. The molecule has 0 atom stereocenters. The van der Waals surface area contributed by atoms with Gasteiger partial charge in [0, 0.05) is 12.1 Å². The summed E-state index contributed by atoms with van der Waals surface area (Å²) < 4.78 is 0. The van der Waals surface area contributed by atoms with Crippen molar-refractivity contribution in [2.24, 2.45) is 5.73 Å². The summed E-state index contributed by atoms with van der Waals surface area (Å²) in [6.07, 6.45) is 3.35. The predicted octanol–water partition coefficient (Wildman–Crippen LogP) is 2.84. The van der Waals surface area contributed by atoms with Crippen LogP contribution in [0.25, 0.3) is 0 Å². The molecular weight excluding hydrogens is 287 g/mol. The van der Waals surface area contributed by atoms with E-state index in [-0.39, 0.29) is 12.3 Å². The lowest BCUT2D eigenvalue weighted by Gasteiger charge is -2.08. The van der Waals surface area contributed by atoms with Gasteiger partial charge in [-0.3, -0.25) is 15.1 Å². The topological polar surface area (TPSA) is 64.3 Å². The van der Waals surface area contributed by atoms with Gasteiger partial charge >= 0.3 is 0 Å². The lowest BCUT2D eigenvalue weighted by Crippen LogP contribution is -2.16. The van der Waals surface area contributed by atoms with E-state index < -0.39 is 0 Å². The molecule has 0 saturated carbocycles. The molecular formula is C13H16Cl2N2O2. The summed E-state index contributed by atoms with van der Waals surface area (Å²) in [5.74, 6) is -0.349. The Bertz CT molecular complexity index is 476. The molecule has 0 aliphatic carbocycles. The van der Waals surface area contributed by atoms with Gasteiger partial charge in [0.1, 0.15) is 0 Å². The second-order valence-electron chi connectivity index (χ2n) is 3.95. The highest BCUT2D eigenvalue weighted by atomic mass is 35.5. The van der Waals surface area contributed by atoms with Crippen molar-refractivity contribution in [3.63, 3.8) is 0 Å². The number of carbonyl (C=O) groups is 1. The van der Waals surface area contributed by atoms with Gasteiger partial charge in [-0.2, -0.15) is 0 Å². The smallest absolute Gasteiger partial charge is 0.217 e. The first-order valence-corrected chi connectivity index (χ1v) is 6.48. The molecule has 0 saturated heterocycles. The molecule has 1 aromatic rings. The minimum atomic E-state index is -0.349. The van der Waals surface area contributed by atoms with E-state index in [0.29, 0.717) is 22.9 Å². The highest BCUT2D eigenvalue weighted by Crippen LogP contribution is 2.23. The zero-order valence-electron chi connectivity index (χ0n) is 10.6. The Labute approximate surface area is 122 Å². The maximum absolute atomic E-state index is 10.8. The third-order valence-electron chi connectivity index (χ3n) is 2.44. The molecule has 0 unspecified atom stereocenters. The van der Waals surface area contributed by atoms with Gasteiger partial charge in [0.15, 0.2) is 0 Å². The summed E-state index contributed by atoms with van der Waals surface area (Å²) in [4.78, 5) is 15.6. The number of nitrogens with two attached hydrogens (primary N) is 1. The summed E-state index contributed by atoms with van der Waals surface area (Å²) in [7, 11) is 1.51. The van der Waals surface area contributed by atoms with Crippen molar-refractivity contribution in [2.75, 3.05) is 7.11 Å². The van der Waals surface area contributed by atoms with Crippen LogP contribution in [0.2, 0.25) is 10.0 Å². The fourth-order valence-corrected chi connectivity index (χ4v) is 1.81. The van der Waals surface area contributed by atoms with Gasteiger partial charge in [-0.1, -0.05) is 35.3 Å². The minimum Gasteiger partial charge on any atom is -0.370 e. The summed E-state index contributed by atoms with van der Waals surface area (Å²) in [5.41, 5.74) is 9.66. The molecule has 0 radical (unpaired) electrons. The van der Waals surface area contributed by atoms with Gasteiger partial charge in [-0.25, -0.2) is 0 Å². The highest BCUT2D eigenvalue weighted by molar-refractivity contribution is 6.42. The predicted molar refractivity (Wildman–Crippen MR) is 76.8 cm³/mol. The van der Waals surface area contributed by atoms with Crippen molar-refractivity contribution in [2.45, 2.75) is 19.3 Å². The molecule has 0 heterocycles. The molecule has 0 aliphatic heterocycles. The monoisotopic (exact) mass is 302 g/mol. The summed E-state index contributed by atoms with van der Waals surface area (Å²) in [5, 5.41) is 1.05. The number of halogens is 2. The third kappa shape index (κ3) is 5.96. The second kappa shape index (κ2) is 8.04. The van der Waals surface area contributed by atoms with Crippen LogP contribution in [0.1, 0.15) is 18.4 Å². The molecule has 4 nitrogen and oxygen atoms in total. The maximum Gasteiger partial charge on any atom is 0.217 e.